The van der Waals surface area contributed by atoms with E-state index >= 15 is 0 Å². The lowest BCUT2D eigenvalue weighted by Crippen LogP contribution is -2.54. The van der Waals surface area contributed by atoms with Crippen LogP contribution in [0.2, 0.25) is 0 Å². The highest BCUT2D eigenvalue weighted by Gasteiger charge is 2.52. The lowest BCUT2D eigenvalue weighted by Gasteiger charge is -2.36. The maximum absolute atomic E-state index is 12.5. The highest BCUT2D eigenvalue weighted by Crippen LogP contribution is 2.34. The van der Waals surface area contributed by atoms with Gasteiger partial charge in [-0.2, -0.15) is 0 Å². The van der Waals surface area contributed by atoms with Crippen molar-refractivity contribution in [3.63, 3.8) is 0 Å². The molecular weight excluding hydrogens is 496 g/mol. The number of rotatable bonds is 11. The Balaban J connectivity index is 1.90. The van der Waals surface area contributed by atoms with Crippen LogP contribution < -0.4 is 22.3 Å². The number of hydrogen-bond acceptors (Lipinski definition) is 11. The van der Waals surface area contributed by atoms with Gasteiger partial charge in [0.05, 0.1) is 6.26 Å². The summed E-state index contributed by atoms with van der Waals surface area (Å²) in [5.74, 6) is -2.00. The Hall–Kier alpha value is -3.50. The molecule has 1 saturated heterocycles. The first kappa shape index (κ1) is 28.1. The first-order valence-electron chi connectivity index (χ1n) is 11.4. The van der Waals surface area contributed by atoms with Crippen molar-refractivity contribution in [3.05, 3.63) is 57.8 Å². The molecule has 0 bridgehead atoms. The standard InChI is InChI=1S/C22H30N4O11/c1-4-7-24-19(31)11-9-10(27)14(34-5-2)21(35-11)37-17(18(23)30)16-15(33-3)13(29)20(36-16)26-8-6-12(28)25-22(26)32/h5-6,8-10,13-17,20-21,27,29H,2,4,7H2,1,3H3,(H2,23,30)(H,24,31)(H,25,28,32)/t10-,13+,14-,15-,16-,17+,20+,21+/m0/s1. The monoisotopic (exact) mass is 526 g/mol. The molecular formula is C22H30N4O11. The van der Waals surface area contributed by atoms with E-state index in [0.29, 0.717) is 13.0 Å². The average molecular weight is 526 g/mol. The van der Waals surface area contributed by atoms with Crippen molar-refractivity contribution in [2.75, 3.05) is 13.7 Å². The second-order valence-electron chi connectivity index (χ2n) is 8.19. The molecule has 0 spiro atoms. The molecule has 15 heteroatoms. The summed E-state index contributed by atoms with van der Waals surface area (Å²) in [7, 11) is 1.23. The summed E-state index contributed by atoms with van der Waals surface area (Å²) < 4.78 is 28.6. The molecule has 0 aromatic carbocycles. The number of carbonyl (C=O) groups excluding carboxylic acids is 2. The molecule has 2 aliphatic rings. The Labute approximate surface area is 210 Å². The number of carbonyl (C=O) groups is 2. The van der Waals surface area contributed by atoms with Gasteiger partial charge in [0.15, 0.2) is 24.2 Å². The zero-order valence-electron chi connectivity index (χ0n) is 20.1. The van der Waals surface area contributed by atoms with Crippen molar-refractivity contribution in [1.29, 1.82) is 0 Å². The second-order valence-corrected chi connectivity index (χ2v) is 8.19. The molecule has 2 aliphatic heterocycles. The van der Waals surface area contributed by atoms with Gasteiger partial charge in [0.1, 0.15) is 24.4 Å². The van der Waals surface area contributed by atoms with Gasteiger partial charge >= 0.3 is 5.69 Å². The van der Waals surface area contributed by atoms with E-state index in [1.54, 1.807) is 0 Å². The fourth-order valence-electron chi connectivity index (χ4n) is 3.96. The number of amides is 2. The van der Waals surface area contributed by atoms with E-state index in [4.69, 9.17) is 29.4 Å². The van der Waals surface area contributed by atoms with Crippen molar-refractivity contribution in [1.82, 2.24) is 14.9 Å². The van der Waals surface area contributed by atoms with Gasteiger partial charge in [0.25, 0.3) is 11.5 Å². The number of hydrogen-bond donors (Lipinski definition) is 5. The molecule has 15 nitrogen and oxygen atoms in total. The third-order valence-corrected chi connectivity index (χ3v) is 5.69. The van der Waals surface area contributed by atoms with E-state index in [1.165, 1.54) is 7.11 Å². The number of aromatic nitrogens is 2. The number of nitrogens with two attached hydrogens (primary N) is 1. The van der Waals surface area contributed by atoms with Crippen LogP contribution in [0.3, 0.4) is 0 Å². The summed E-state index contributed by atoms with van der Waals surface area (Å²) in [4.78, 5) is 50.6. The summed E-state index contributed by atoms with van der Waals surface area (Å²) in [6, 6.07) is 1.04. The SMILES string of the molecule is C=CO[C@@H]1[C@@H](O[C@@H](C(N)=O)[C@H]2O[C@@H](n3ccc(=O)[nH]c3=O)[C@H](O)[C@@H]2OC)OC(C(=O)NCCC)=C[C@@H]1O. The highest BCUT2D eigenvalue weighted by atomic mass is 16.7. The van der Waals surface area contributed by atoms with Crippen LogP contribution in [0.1, 0.15) is 19.6 Å². The molecule has 8 atom stereocenters. The van der Waals surface area contributed by atoms with Gasteiger partial charge in [-0.15, -0.1) is 0 Å². The van der Waals surface area contributed by atoms with Gasteiger partial charge in [0, 0.05) is 25.9 Å². The van der Waals surface area contributed by atoms with Gasteiger partial charge in [-0.1, -0.05) is 13.5 Å². The van der Waals surface area contributed by atoms with Crippen molar-refractivity contribution < 1.29 is 43.5 Å². The molecule has 3 heterocycles. The Bertz CT molecular complexity index is 1130. The summed E-state index contributed by atoms with van der Waals surface area (Å²) in [5, 5.41) is 23.9. The first-order valence-corrected chi connectivity index (χ1v) is 11.4. The Morgan fingerprint density at radius 3 is 2.68 bits per heavy atom. The van der Waals surface area contributed by atoms with Crippen molar-refractivity contribution >= 4 is 11.8 Å². The lowest BCUT2D eigenvalue weighted by atomic mass is 10.0. The molecule has 0 radical (unpaired) electrons. The number of primary amides is 1. The van der Waals surface area contributed by atoms with Gasteiger partial charge in [-0.05, 0) is 12.5 Å². The van der Waals surface area contributed by atoms with Gasteiger partial charge < -0.3 is 44.9 Å². The largest absolute Gasteiger partial charge is 0.489 e. The average Bonchev–Trinajstić information content (AvgIpc) is 3.17. The first-order chi connectivity index (χ1) is 17.6. The lowest BCUT2D eigenvalue weighted by molar-refractivity contribution is -0.242. The van der Waals surface area contributed by atoms with Crippen LogP contribution in [0.5, 0.6) is 0 Å². The molecule has 3 rings (SSSR count). The van der Waals surface area contributed by atoms with E-state index in [0.717, 1.165) is 29.2 Å². The molecule has 6 N–H and O–H groups in total. The summed E-state index contributed by atoms with van der Waals surface area (Å²) in [6.07, 6.45) is -7.58. The number of nitrogens with one attached hydrogen (secondary N) is 2. The highest BCUT2D eigenvalue weighted by molar-refractivity contribution is 5.91. The topological polar surface area (TPSA) is 214 Å². The normalized spacial score (nSPS) is 30.1. The van der Waals surface area contributed by atoms with E-state index in [2.05, 4.69) is 11.9 Å². The summed E-state index contributed by atoms with van der Waals surface area (Å²) >= 11 is 0. The number of H-pyrrole nitrogens is 1. The predicted molar refractivity (Wildman–Crippen MR) is 123 cm³/mol. The molecule has 0 unspecified atom stereocenters. The fourth-order valence-corrected chi connectivity index (χ4v) is 3.96. The predicted octanol–water partition coefficient (Wildman–Crippen LogP) is -2.66. The molecule has 204 valence electrons. The van der Waals surface area contributed by atoms with Crippen LogP contribution in [-0.2, 0) is 33.3 Å². The molecule has 1 aromatic rings. The number of aliphatic hydroxyl groups excluding tert-OH is 2. The van der Waals surface area contributed by atoms with Crippen LogP contribution in [0.4, 0.5) is 0 Å². The van der Waals surface area contributed by atoms with Gasteiger partial charge in [0.2, 0.25) is 12.2 Å². The molecule has 0 saturated carbocycles. The van der Waals surface area contributed by atoms with E-state index in [-0.39, 0.29) is 5.76 Å². The number of methoxy groups -OCH3 is 1. The smallest absolute Gasteiger partial charge is 0.330 e. The fraction of sp³-hybridized carbons (Fsp3) is 0.545. The van der Waals surface area contributed by atoms with E-state index < -0.39 is 72.2 Å². The molecule has 37 heavy (non-hydrogen) atoms. The zero-order chi connectivity index (χ0) is 27.3. The Morgan fingerprint density at radius 1 is 1.35 bits per heavy atom. The number of aliphatic hydroxyl groups is 2. The molecule has 1 fully saturated rings. The van der Waals surface area contributed by atoms with Crippen LogP contribution in [-0.4, -0.2) is 88.1 Å². The quantitative estimate of drug-likeness (QED) is 0.188. The van der Waals surface area contributed by atoms with Crippen LogP contribution >= 0.6 is 0 Å². The summed E-state index contributed by atoms with van der Waals surface area (Å²) in [5.41, 5.74) is 4.03. The van der Waals surface area contributed by atoms with Crippen molar-refractivity contribution in [3.8, 4) is 0 Å². The second kappa shape index (κ2) is 12.2. The Morgan fingerprint density at radius 2 is 2.08 bits per heavy atom. The number of nitrogens with zero attached hydrogens (tertiary/aromatic N) is 1. The maximum atomic E-state index is 12.5. The maximum Gasteiger partial charge on any atom is 0.330 e. The van der Waals surface area contributed by atoms with E-state index in [9.17, 15) is 29.4 Å². The summed E-state index contributed by atoms with van der Waals surface area (Å²) in [6.45, 7) is 5.62. The third-order valence-electron chi connectivity index (χ3n) is 5.69. The minimum atomic E-state index is -1.69. The minimum absolute atomic E-state index is 0.286. The van der Waals surface area contributed by atoms with Gasteiger partial charge in [-0.3, -0.25) is 23.9 Å². The van der Waals surface area contributed by atoms with Crippen LogP contribution in [0.15, 0.2) is 46.5 Å². The molecule has 0 aliphatic carbocycles. The molecule has 2 amide bonds. The van der Waals surface area contributed by atoms with Crippen molar-refractivity contribution in [2.24, 2.45) is 5.73 Å². The van der Waals surface area contributed by atoms with Gasteiger partial charge in [-0.25, -0.2) is 4.79 Å². The molecule has 1 aromatic heterocycles. The Kier molecular flexibility index (Phi) is 9.23. The van der Waals surface area contributed by atoms with Crippen LogP contribution in [0.25, 0.3) is 0 Å². The van der Waals surface area contributed by atoms with E-state index in [1.807, 2.05) is 11.9 Å². The minimum Gasteiger partial charge on any atom is -0.489 e. The number of aromatic amines is 1. The number of ether oxygens (including phenoxy) is 5. The van der Waals surface area contributed by atoms with Crippen molar-refractivity contribution in [2.45, 2.75) is 62.5 Å². The third kappa shape index (κ3) is 6.08. The zero-order valence-corrected chi connectivity index (χ0v) is 20.1. The van der Waals surface area contributed by atoms with Crippen LogP contribution in [0, 0.1) is 0 Å².